The van der Waals surface area contributed by atoms with Crippen LogP contribution in [0.3, 0.4) is 0 Å². The van der Waals surface area contributed by atoms with Crippen LogP contribution in [0.2, 0.25) is 0 Å². The number of nitrogens with one attached hydrogen (secondary N) is 1. The summed E-state index contributed by atoms with van der Waals surface area (Å²) >= 11 is 0. The molecule has 0 spiro atoms. The van der Waals surface area contributed by atoms with E-state index in [9.17, 15) is 0 Å². The molecule has 4 nitrogen and oxygen atoms in total. The minimum absolute atomic E-state index is 0.566. The highest BCUT2D eigenvalue weighted by molar-refractivity contribution is 4.90. The summed E-state index contributed by atoms with van der Waals surface area (Å²) in [5.41, 5.74) is 0. The molecule has 1 aromatic heterocycles. The molecule has 1 aromatic rings. The van der Waals surface area contributed by atoms with Crippen LogP contribution in [-0.2, 0) is 13.5 Å². The maximum atomic E-state index is 4.35. The summed E-state index contributed by atoms with van der Waals surface area (Å²) in [5.74, 6) is 2.02. The Morgan fingerprint density at radius 1 is 1.44 bits per heavy atom. The normalized spacial score (nSPS) is 18.3. The van der Waals surface area contributed by atoms with Crippen molar-refractivity contribution in [3.63, 3.8) is 0 Å². The second kappa shape index (κ2) is 6.88. The van der Waals surface area contributed by atoms with Gasteiger partial charge in [-0.15, -0.1) is 0 Å². The van der Waals surface area contributed by atoms with Crippen LogP contribution in [0, 0.1) is 5.92 Å². The van der Waals surface area contributed by atoms with E-state index in [-0.39, 0.29) is 0 Å². The van der Waals surface area contributed by atoms with Gasteiger partial charge in [0.15, 0.2) is 0 Å². The summed E-state index contributed by atoms with van der Waals surface area (Å²) in [4.78, 5) is 4.35. The molecule has 1 heterocycles. The molecule has 0 radical (unpaired) electrons. The van der Waals surface area contributed by atoms with E-state index in [2.05, 4.69) is 22.3 Å². The van der Waals surface area contributed by atoms with Crippen LogP contribution in [0.25, 0.3) is 0 Å². The lowest BCUT2D eigenvalue weighted by atomic mass is 9.96. The second-order valence-corrected chi connectivity index (χ2v) is 5.54. The van der Waals surface area contributed by atoms with Gasteiger partial charge in [-0.25, -0.2) is 4.98 Å². The molecular weight excluding hydrogens is 224 g/mol. The molecule has 0 bridgehead atoms. The first kappa shape index (κ1) is 13.5. The Morgan fingerprint density at radius 3 is 2.83 bits per heavy atom. The van der Waals surface area contributed by atoms with Crippen LogP contribution in [-0.4, -0.2) is 27.4 Å². The van der Waals surface area contributed by atoms with Crippen molar-refractivity contribution in [2.45, 2.75) is 57.9 Å². The largest absolute Gasteiger partial charge is 0.314 e. The van der Waals surface area contributed by atoms with Gasteiger partial charge in [-0.05, 0) is 25.3 Å². The molecule has 4 heteroatoms. The Hall–Kier alpha value is -0.900. The monoisotopic (exact) mass is 250 g/mol. The number of aryl methyl sites for hydroxylation is 1. The number of nitrogens with zero attached hydrogens (tertiary/aromatic N) is 3. The van der Waals surface area contributed by atoms with Crippen molar-refractivity contribution >= 4 is 0 Å². The van der Waals surface area contributed by atoms with Crippen LogP contribution >= 0.6 is 0 Å². The minimum atomic E-state index is 0.566. The summed E-state index contributed by atoms with van der Waals surface area (Å²) in [6.07, 6.45) is 10.8. The van der Waals surface area contributed by atoms with Crippen molar-refractivity contribution in [3.05, 3.63) is 12.2 Å². The molecular formula is C14H26N4. The lowest BCUT2D eigenvalue weighted by Gasteiger charge is -2.21. The summed E-state index contributed by atoms with van der Waals surface area (Å²) in [6.45, 7) is 3.33. The first-order valence-electron chi connectivity index (χ1n) is 7.35. The molecule has 1 saturated carbocycles. The maximum absolute atomic E-state index is 4.35. The van der Waals surface area contributed by atoms with Gasteiger partial charge in [0.25, 0.3) is 0 Å². The fraction of sp³-hybridized carbons (Fsp3) is 0.857. The standard InChI is InChI=1S/C14H26N4/c1-3-8-15-13(9-12-6-4-5-7-12)10-14-16-11-17-18(14)2/h11-13,15H,3-10H2,1-2H3. The zero-order valence-electron chi connectivity index (χ0n) is 11.7. The number of hydrogen-bond donors (Lipinski definition) is 1. The molecule has 0 amide bonds. The number of hydrogen-bond acceptors (Lipinski definition) is 3. The Balaban J connectivity index is 1.89. The van der Waals surface area contributed by atoms with Crippen molar-refractivity contribution in [2.75, 3.05) is 6.54 Å². The molecule has 0 aromatic carbocycles. The predicted octanol–water partition coefficient (Wildman–Crippen LogP) is 2.31. The first-order valence-corrected chi connectivity index (χ1v) is 7.35. The van der Waals surface area contributed by atoms with Gasteiger partial charge in [-0.3, -0.25) is 4.68 Å². The van der Waals surface area contributed by atoms with Crippen LogP contribution in [0.15, 0.2) is 6.33 Å². The van der Waals surface area contributed by atoms with Gasteiger partial charge in [0.1, 0.15) is 12.2 Å². The van der Waals surface area contributed by atoms with Gasteiger partial charge in [0.05, 0.1) is 0 Å². The van der Waals surface area contributed by atoms with Crippen molar-refractivity contribution in [1.29, 1.82) is 0 Å². The maximum Gasteiger partial charge on any atom is 0.138 e. The molecule has 0 saturated heterocycles. The summed E-state index contributed by atoms with van der Waals surface area (Å²) in [7, 11) is 1.98. The van der Waals surface area contributed by atoms with Gasteiger partial charge in [0.2, 0.25) is 0 Å². The Bertz CT molecular complexity index is 341. The molecule has 102 valence electrons. The average Bonchev–Trinajstić information content (AvgIpc) is 2.99. The van der Waals surface area contributed by atoms with Gasteiger partial charge in [-0.1, -0.05) is 32.6 Å². The molecule has 18 heavy (non-hydrogen) atoms. The highest BCUT2D eigenvalue weighted by Gasteiger charge is 2.21. The van der Waals surface area contributed by atoms with E-state index < -0.39 is 0 Å². The van der Waals surface area contributed by atoms with Crippen LogP contribution in [0.4, 0.5) is 0 Å². The Kier molecular flexibility index (Phi) is 5.17. The van der Waals surface area contributed by atoms with E-state index in [1.165, 1.54) is 38.5 Å². The summed E-state index contributed by atoms with van der Waals surface area (Å²) in [5, 5.41) is 7.84. The van der Waals surface area contributed by atoms with E-state index in [0.717, 1.165) is 24.7 Å². The summed E-state index contributed by atoms with van der Waals surface area (Å²) in [6, 6.07) is 0.566. The van der Waals surface area contributed by atoms with Crippen molar-refractivity contribution in [2.24, 2.45) is 13.0 Å². The first-order chi connectivity index (χ1) is 8.79. The zero-order chi connectivity index (χ0) is 12.8. The molecule has 1 fully saturated rings. The van der Waals surface area contributed by atoms with E-state index in [0.29, 0.717) is 6.04 Å². The smallest absolute Gasteiger partial charge is 0.138 e. The molecule has 0 aliphatic heterocycles. The predicted molar refractivity (Wildman–Crippen MR) is 73.4 cm³/mol. The van der Waals surface area contributed by atoms with E-state index in [1.807, 2.05) is 11.7 Å². The summed E-state index contributed by atoms with van der Waals surface area (Å²) < 4.78 is 1.90. The fourth-order valence-electron chi connectivity index (χ4n) is 2.96. The lowest BCUT2D eigenvalue weighted by Crippen LogP contribution is -2.34. The van der Waals surface area contributed by atoms with Crippen molar-refractivity contribution < 1.29 is 0 Å². The Labute approximate surface area is 110 Å². The zero-order valence-corrected chi connectivity index (χ0v) is 11.7. The average molecular weight is 250 g/mol. The van der Waals surface area contributed by atoms with Gasteiger partial charge >= 0.3 is 0 Å². The van der Waals surface area contributed by atoms with E-state index >= 15 is 0 Å². The van der Waals surface area contributed by atoms with Gasteiger partial charge in [0, 0.05) is 19.5 Å². The van der Waals surface area contributed by atoms with Crippen molar-refractivity contribution in [3.8, 4) is 0 Å². The molecule has 2 rings (SSSR count). The minimum Gasteiger partial charge on any atom is -0.314 e. The Morgan fingerprint density at radius 2 is 2.22 bits per heavy atom. The van der Waals surface area contributed by atoms with E-state index in [1.54, 1.807) is 6.33 Å². The van der Waals surface area contributed by atoms with Crippen LogP contribution in [0.1, 0.15) is 51.3 Å². The third kappa shape index (κ3) is 3.80. The van der Waals surface area contributed by atoms with Gasteiger partial charge < -0.3 is 5.32 Å². The molecule has 1 aliphatic rings. The topological polar surface area (TPSA) is 42.7 Å². The number of rotatable bonds is 7. The highest BCUT2D eigenvalue weighted by Crippen LogP contribution is 2.29. The lowest BCUT2D eigenvalue weighted by molar-refractivity contribution is 0.377. The SMILES string of the molecule is CCCNC(Cc1ncnn1C)CC1CCCC1. The van der Waals surface area contributed by atoms with Crippen LogP contribution in [0.5, 0.6) is 0 Å². The van der Waals surface area contributed by atoms with Crippen LogP contribution < -0.4 is 5.32 Å². The third-order valence-corrected chi connectivity index (χ3v) is 4.01. The van der Waals surface area contributed by atoms with E-state index in [4.69, 9.17) is 0 Å². The third-order valence-electron chi connectivity index (χ3n) is 4.01. The molecule has 1 N–H and O–H groups in total. The molecule has 1 atom stereocenters. The molecule has 1 aliphatic carbocycles. The quantitative estimate of drug-likeness (QED) is 0.807. The molecule has 1 unspecified atom stereocenters. The number of aromatic nitrogens is 3. The fourth-order valence-corrected chi connectivity index (χ4v) is 2.96. The highest BCUT2D eigenvalue weighted by atomic mass is 15.3. The van der Waals surface area contributed by atoms with Gasteiger partial charge in [-0.2, -0.15) is 5.10 Å². The second-order valence-electron chi connectivity index (χ2n) is 5.54. The van der Waals surface area contributed by atoms with Crippen molar-refractivity contribution in [1.82, 2.24) is 20.1 Å².